The molecule has 0 spiro atoms. The number of benzene rings is 3. The number of nitrogens with zero attached hydrogens (tertiary/aromatic N) is 1. The monoisotopic (exact) mass is 355 g/mol. The van der Waals surface area contributed by atoms with Gasteiger partial charge in [-0.2, -0.15) is 0 Å². The molecule has 132 valence electrons. The number of fused-ring (bicyclic) bond motifs is 1. The third-order valence-corrected chi connectivity index (χ3v) is 4.94. The van der Waals surface area contributed by atoms with E-state index in [-0.39, 0.29) is 17.4 Å². The number of allylic oxidation sites excluding steroid dienone is 1. The third-order valence-electron chi connectivity index (χ3n) is 4.94. The smallest absolute Gasteiger partial charge is 0.269 e. The molecular formula is C23H17NO3. The molecule has 0 amide bonds. The minimum atomic E-state index is -0.426. The average molecular weight is 355 g/mol. The number of ketones is 1. The van der Waals surface area contributed by atoms with Gasteiger partial charge in [-0.15, -0.1) is 0 Å². The maximum absolute atomic E-state index is 13.0. The lowest BCUT2D eigenvalue weighted by atomic mass is 9.75. The van der Waals surface area contributed by atoms with Gasteiger partial charge in [-0.1, -0.05) is 54.6 Å². The van der Waals surface area contributed by atoms with Crippen molar-refractivity contribution in [1.29, 1.82) is 0 Å². The molecule has 0 aliphatic heterocycles. The summed E-state index contributed by atoms with van der Waals surface area (Å²) in [4.78, 5) is 23.4. The standard InChI is InChI=1S/C23H17NO3/c25-23-18(14-16-10-12-19(13-11-16)24(26)27)15-22(17-6-2-1-3-7-17)20-8-4-5-9-21(20)23/h1-14,22H,15H2/b18-14+/t22-/m1/s1. The van der Waals surface area contributed by atoms with E-state index in [1.165, 1.54) is 17.7 Å². The van der Waals surface area contributed by atoms with Crippen LogP contribution in [0.1, 0.15) is 39.4 Å². The van der Waals surface area contributed by atoms with Crippen molar-refractivity contribution in [3.8, 4) is 0 Å². The molecule has 3 aromatic carbocycles. The second-order valence-corrected chi connectivity index (χ2v) is 6.60. The van der Waals surface area contributed by atoms with E-state index in [0.717, 1.165) is 22.3 Å². The van der Waals surface area contributed by atoms with Crippen LogP contribution in [0.2, 0.25) is 0 Å². The second-order valence-electron chi connectivity index (χ2n) is 6.60. The van der Waals surface area contributed by atoms with Crippen LogP contribution in [0.15, 0.2) is 84.4 Å². The molecule has 0 radical (unpaired) electrons. The third kappa shape index (κ3) is 3.29. The van der Waals surface area contributed by atoms with E-state index >= 15 is 0 Å². The molecule has 0 unspecified atom stereocenters. The van der Waals surface area contributed by atoms with Gasteiger partial charge in [0.2, 0.25) is 0 Å². The van der Waals surface area contributed by atoms with Gasteiger partial charge in [0, 0.05) is 29.2 Å². The number of Topliss-reactive ketones (excluding diaryl/α,β-unsaturated/α-hetero) is 1. The molecule has 3 aromatic rings. The zero-order chi connectivity index (χ0) is 18.8. The van der Waals surface area contributed by atoms with Crippen LogP contribution in [0.5, 0.6) is 0 Å². The van der Waals surface area contributed by atoms with Crippen LogP contribution in [0, 0.1) is 10.1 Å². The molecule has 0 saturated carbocycles. The van der Waals surface area contributed by atoms with Crippen molar-refractivity contribution in [2.24, 2.45) is 0 Å². The Kier molecular flexibility index (Phi) is 4.38. The first-order chi connectivity index (χ1) is 13.1. The van der Waals surface area contributed by atoms with E-state index < -0.39 is 4.92 Å². The van der Waals surface area contributed by atoms with E-state index in [1.54, 1.807) is 12.1 Å². The zero-order valence-corrected chi connectivity index (χ0v) is 14.5. The lowest BCUT2D eigenvalue weighted by Gasteiger charge is -2.27. The van der Waals surface area contributed by atoms with Crippen LogP contribution in [0.25, 0.3) is 6.08 Å². The van der Waals surface area contributed by atoms with Crippen molar-refractivity contribution >= 4 is 17.5 Å². The van der Waals surface area contributed by atoms with Gasteiger partial charge >= 0.3 is 0 Å². The Labute approximate surface area is 156 Å². The summed E-state index contributed by atoms with van der Waals surface area (Å²) in [7, 11) is 0. The number of rotatable bonds is 3. The summed E-state index contributed by atoms with van der Waals surface area (Å²) in [6, 6.07) is 24.2. The number of non-ortho nitro benzene ring substituents is 1. The molecule has 0 bridgehead atoms. The Morgan fingerprint density at radius 2 is 1.56 bits per heavy atom. The van der Waals surface area contributed by atoms with Crippen LogP contribution in [-0.4, -0.2) is 10.7 Å². The van der Waals surface area contributed by atoms with Gasteiger partial charge in [0.15, 0.2) is 5.78 Å². The summed E-state index contributed by atoms with van der Waals surface area (Å²) in [5.41, 5.74) is 4.50. The van der Waals surface area contributed by atoms with Gasteiger partial charge < -0.3 is 0 Å². The first-order valence-electron chi connectivity index (χ1n) is 8.77. The number of nitro benzene ring substituents is 1. The van der Waals surface area contributed by atoms with E-state index in [2.05, 4.69) is 12.1 Å². The van der Waals surface area contributed by atoms with Gasteiger partial charge in [0.05, 0.1) is 4.92 Å². The van der Waals surface area contributed by atoms with Crippen molar-refractivity contribution < 1.29 is 9.72 Å². The zero-order valence-electron chi connectivity index (χ0n) is 14.5. The van der Waals surface area contributed by atoms with Crippen LogP contribution in [-0.2, 0) is 0 Å². The molecule has 27 heavy (non-hydrogen) atoms. The van der Waals surface area contributed by atoms with Crippen LogP contribution >= 0.6 is 0 Å². The summed E-state index contributed by atoms with van der Waals surface area (Å²) in [5.74, 6) is 0.139. The molecule has 0 fully saturated rings. The Bertz CT molecular complexity index is 1040. The fourth-order valence-electron chi connectivity index (χ4n) is 3.60. The molecule has 1 atom stereocenters. The van der Waals surface area contributed by atoms with Crippen molar-refractivity contribution in [2.75, 3.05) is 0 Å². The Morgan fingerprint density at radius 3 is 2.26 bits per heavy atom. The predicted octanol–water partition coefficient (Wildman–Crippen LogP) is 5.40. The first-order valence-corrected chi connectivity index (χ1v) is 8.77. The summed E-state index contributed by atoms with van der Waals surface area (Å²) in [5, 5.41) is 10.8. The minimum Gasteiger partial charge on any atom is -0.289 e. The van der Waals surface area contributed by atoms with Crippen molar-refractivity contribution in [3.05, 3.63) is 117 Å². The van der Waals surface area contributed by atoms with E-state index in [9.17, 15) is 14.9 Å². The molecule has 4 heteroatoms. The van der Waals surface area contributed by atoms with Crippen molar-refractivity contribution in [2.45, 2.75) is 12.3 Å². The quantitative estimate of drug-likeness (QED) is 0.359. The van der Waals surface area contributed by atoms with E-state index in [0.29, 0.717) is 6.42 Å². The van der Waals surface area contributed by atoms with Gasteiger partial charge in [0.25, 0.3) is 5.69 Å². The molecule has 1 aliphatic carbocycles. The SMILES string of the molecule is O=C1/C(=C/c2ccc([N+](=O)[O-])cc2)C[C@H](c2ccccc2)c2ccccc21. The summed E-state index contributed by atoms with van der Waals surface area (Å²) >= 11 is 0. The Balaban J connectivity index is 1.76. The summed E-state index contributed by atoms with van der Waals surface area (Å²) in [6.45, 7) is 0. The first kappa shape index (κ1) is 16.9. The summed E-state index contributed by atoms with van der Waals surface area (Å²) in [6.07, 6.45) is 2.45. The Hall–Kier alpha value is -3.53. The minimum absolute atomic E-state index is 0.0242. The maximum Gasteiger partial charge on any atom is 0.269 e. The van der Waals surface area contributed by atoms with Crippen molar-refractivity contribution in [1.82, 2.24) is 0 Å². The molecule has 4 nitrogen and oxygen atoms in total. The average Bonchev–Trinajstić information content (AvgIpc) is 2.71. The van der Waals surface area contributed by atoms with Crippen LogP contribution < -0.4 is 0 Å². The Morgan fingerprint density at radius 1 is 0.889 bits per heavy atom. The van der Waals surface area contributed by atoms with Gasteiger partial charge in [-0.05, 0) is 41.3 Å². The second kappa shape index (κ2) is 7.00. The predicted molar refractivity (Wildman–Crippen MR) is 105 cm³/mol. The maximum atomic E-state index is 13.0. The molecule has 0 N–H and O–H groups in total. The molecule has 0 heterocycles. The fourth-order valence-corrected chi connectivity index (χ4v) is 3.60. The highest BCUT2D eigenvalue weighted by Gasteiger charge is 2.29. The molecule has 0 aromatic heterocycles. The largest absolute Gasteiger partial charge is 0.289 e. The number of carbonyl (C=O) groups is 1. The highest BCUT2D eigenvalue weighted by molar-refractivity contribution is 6.13. The molecule has 1 aliphatic rings. The normalized spacial score (nSPS) is 17.6. The van der Waals surface area contributed by atoms with E-state index in [4.69, 9.17) is 0 Å². The lowest BCUT2D eigenvalue weighted by Crippen LogP contribution is -2.19. The number of hydrogen-bond acceptors (Lipinski definition) is 3. The fraction of sp³-hybridized carbons (Fsp3) is 0.0870. The molecule has 4 rings (SSSR count). The lowest BCUT2D eigenvalue weighted by molar-refractivity contribution is -0.384. The molecule has 0 saturated heterocycles. The number of carbonyl (C=O) groups excluding carboxylic acids is 1. The van der Waals surface area contributed by atoms with Crippen LogP contribution in [0.3, 0.4) is 0 Å². The summed E-state index contributed by atoms with van der Waals surface area (Å²) < 4.78 is 0. The van der Waals surface area contributed by atoms with Gasteiger partial charge in [-0.25, -0.2) is 0 Å². The number of hydrogen-bond donors (Lipinski definition) is 0. The van der Waals surface area contributed by atoms with Crippen LogP contribution in [0.4, 0.5) is 5.69 Å². The van der Waals surface area contributed by atoms with Gasteiger partial charge in [-0.3, -0.25) is 14.9 Å². The molecular weight excluding hydrogens is 338 g/mol. The highest BCUT2D eigenvalue weighted by atomic mass is 16.6. The van der Waals surface area contributed by atoms with E-state index in [1.807, 2.05) is 48.5 Å². The highest BCUT2D eigenvalue weighted by Crippen LogP contribution is 2.39. The van der Waals surface area contributed by atoms with Gasteiger partial charge in [0.1, 0.15) is 0 Å². The topological polar surface area (TPSA) is 60.2 Å². The number of nitro groups is 1. The van der Waals surface area contributed by atoms with Crippen molar-refractivity contribution in [3.63, 3.8) is 0 Å².